The molecular weight excluding hydrogens is 395 g/mol. The molecule has 156 valence electrons. The van der Waals surface area contributed by atoms with E-state index in [0.29, 0.717) is 18.0 Å². The third-order valence-electron chi connectivity index (χ3n) is 5.44. The Kier molecular flexibility index (Phi) is 5.03. The van der Waals surface area contributed by atoms with Gasteiger partial charge in [-0.3, -0.25) is 4.79 Å². The zero-order valence-corrected chi connectivity index (χ0v) is 16.8. The predicted octanol–water partition coefficient (Wildman–Crippen LogP) is 2.87. The molecule has 1 atom stereocenters. The lowest BCUT2D eigenvalue weighted by atomic mass is 10.1. The topological polar surface area (TPSA) is 75.4 Å². The number of carbonyl (C=O) groups excluding carboxylic acids is 1. The predicted molar refractivity (Wildman–Crippen MR) is 115 cm³/mol. The van der Waals surface area contributed by atoms with Crippen LogP contribution in [-0.2, 0) is 11.2 Å². The van der Waals surface area contributed by atoms with E-state index in [0.717, 1.165) is 29.9 Å². The van der Waals surface area contributed by atoms with Gasteiger partial charge in [0.1, 0.15) is 11.6 Å². The van der Waals surface area contributed by atoms with Gasteiger partial charge < -0.3 is 10.2 Å². The standard InChI is InChI=1S/C23H21FN6O/c24-18-8-6-16(7-9-18)14-22(31)25-19-12-13-29(15-19)21-11-10-20-26-27-23(30(20)28-21)17-4-2-1-3-5-17/h1-11,19H,12-15H2,(H,25,31). The molecule has 0 bridgehead atoms. The second-order valence-electron chi connectivity index (χ2n) is 7.65. The minimum Gasteiger partial charge on any atom is -0.353 e. The van der Waals surface area contributed by atoms with Gasteiger partial charge in [-0.1, -0.05) is 42.5 Å². The number of hydrogen-bond acceptors (Lipinski definition) is 5. The summed E-state index contributed by atoms with van der Waals surface area (Å²) in [6.45, 7) is 1.47. The third-order valence-corrected chi connectivity index (χ3v) is 5.44. The summed E-state index contributed by atoms with van der Waals surface area (Å²) in [7, 11) is 0. The van der Waals surface area contributed by atoms with Gasteiger partial charge in [0, 0.05) is 24.7 Å². The summed E-state index contributed by atoms with van der Waals surface area (Å²) in [6.07, 6.45) is 1.07. The van der Waals surface area contributed by atoms with E-state index in [2.05, 4.69) is 20.4 Å². The number of aromatic nitrogens is 4. The van der Waals surface area contributed by atoms with Crippen molar-refractivity contribution in [2.45, 2.75) is 18.9 Å². The molecule has 4 aromatic rings. The highest BCUT2D eigenvalue weighted by Crippen LogP contribution is 2.22. The number of fused-ring (bicyclic) bond motifs is 1. The van der Waals surface area contributed by atoms with Crippen LogP contribution >= 0.6 is 0 Å². The molecule has 2 aromatic heterocycles. The molecule has 2 aromatic carbocycles. The molecule has 8 heteroatoms. The minimum absolute atomic E-state index is 0.0416. The Morgan fingerprint density at radius 2 is 1.84 bits per heavy atom. The molecule has 1 aliphatic rings. The highest BCUT2D eigenvalue weighted by Gasteiger charge is 2.25. The number of benzene rings is 2. The van der Waals surface area contributed by atoms with Crippen LogP contribution in [0.4, 0.5) is 10.2 Å². The molecule has 1 fully saturated rings. The van der Waals surface area contributed by atoms with Crippen LogP contribution in [0.5, 0.6) is 0 Å². The van der Waals surface area contributed by atoms with Crippen LogP contribution < -0.4 is 10.2 Å². The normalized spacial score (nSPS) is 16.0. The monoisotopic (exact) mass is 416 g/mol. The van der Waals surface area contributed by atoms with Crippen molar-refractivity contribution in [2.24, 2.45) is 0 Å². The molecule has 0 spiro atoms. The summed E-state index contributed by atoms with van der Waals surface area (Å²) in [5.41, 5.74) is 2.43. The fraction of sp³-hybridized carbons (Fsp3) is 0.217. The van der Waals surface area contributed by atoms with Crippen molar-refractivity contribution >= 4 is 17.4 Å². The van der Waals surface area contributed by atoms with E-state index in [4.69, 9.17) is 5.10 Å². The summed E-state index contributed by atoms with van der Waals surface area (Å²) < 4.78 is 14.8. The van der Waals surface area contributed by atoms with Gasteiger partial charge in [0.15, 0.2) is 11.5 Å². The van der Waals surface area contributed by atoms with Gasteiger partial charge in [0.25, 0.3) is 0 Å². The zero-order valence-electron chi connectivity index (χ0n) is 16.8. The highest BCUT2D eigenvalue weighted by molar-refractivity contribution is 5.79. The first-order valence-electron chi connectivity index (χ1n) is 10.2. The fourth-order valence-electron chi connectivity index (χ4n) is 3.87. The van der Waals surface area contributed by atoms with Gasteiger partial charge in [-0.25, -0.2) is 4.39 Å². The molecular formula is C23H21FN6O. The second-order valence-corrected chi connectivity index (χ2v) is 7.65. The average Bonchev–Trinajstić information content (AvgIpc) is 3.42. The van der Waals surface area contributed by atoms with E-state index >= 15 is 0 Å². The summed E-state index contributed by atoms with van der Waals surface area (Å²) in [5.74, 6) is 1.15. The first-order valence-corrected chi connectivity index (χ1v) is 10.2. The van der Waals surface area contributed by atoms with Gasteiger partial charge in [0.2, 0.25) is 5.91 Å². The van der Waals surface area contributed by atoms with Crippen LogP contribution in [-0.4, -0.2) is 44.8 Å². The van der Waals surface area contributed by atoms with Gasteiger partial charge in [-0.15, -0.1) is 15.3 Å². The Hall–Kier alpha value is -3.81. The van der Waals surface area contributed by atoms with E-state index in [1.54, 1.807) is 16.6 Å². The lowest BCUT2D eigenvalue weighted by molar-refractivity contribution is -0.121. The van der Waals surface area contributed by atoms with Crippen LogP contribution in [0.1, 0.15) is 12.0 Å². The van der Waals surface area contributed by atoms with E-state index in [1.807, 2.05) is 42.5 Å². The number of anilines is 1. The van der Waals surface area contributed by atoms with Crippen LogP contribution in [0.3, 0.4) is 0 Å². The molecule has 1 unspecified atom stereocenters. The van der Waals surface area contributed by atoms with Gasteiger partial charge >= 0.3 is 0 Å². The van der Waals surface area contributed by atoms with Crippen molar-refractivity contribution in [3.63, 3.8) is 0 Å². The van der Waals surface area contributed by atoms with Crippen molar-refractivity contribution in [3.8, 4) is 11.4 Å². The number of halogens is 1. The van der Waals surface area contributed by atoms with Crippen molar-refractivity contribution in [1.29, 1.82) is 0 Å². The van der Waals surface area contributed by atoms with E-state index in [9.17, 15) is 9.18 Å². The first kappa shape index (κ1) is 19.2. The van der Waals surface area contributed by atoms with Crippen molar-refractivity contribution in [2.75, 3.05) is 18.0 Å². The lowest BCUT2D eigenvalue weighted by Gasteiger charge is -2.18. The Morgan fingerprint density at radius 3 is 2.65 bits per heavy atom. The molecule has 1 saturated heterocycles. The van der Waals surface area contributed by atoms with Crippen LogP contribution in [0.15, 0.2) is 66.7 Å². The van der Waals surface area contributed by atoms with Gasteiger partial charge in [0.05, 0.1) is 6.42 Å². The number of hydrogen-bond donors (Lipinski definition) is 1. The number of amides is 1. The number of carbonyl (C=O) groups is 1. The van der Waals surface area contributed by atoms with E-state index < -0.39 is 0 Å². The Bertz CT molecular complexity index is 1210. The maximum atomic E-state index is 13.0. The molecule has 0 aliphatic carbocycles. The molecule has 3 heterocycles. The summed E-state index contributed by atoms with van der Waals surface area (Å²) in [5, 5.41) is 16.3. The first-order chi connectivity index (χ1) is 15.2. The molecule has 7 nitrogen and oxygen atoms in total. The average molecular weight is 416 g/mol. The number of nitrogens with one attached hydrogen (secondary N) is 1. The zero-order chi connectivity index (χ0) is 21.2. The summed E-state index contributed by atoms with van der Waals surface area (Å²) in [6, 6.07) is 19.7. The smallest absolute Gasteiger partial charge is 0.224 e. The highest BCUT2D eigenvalue weighted by atomic mass is 19.1. The SMILES string of the molecule is O=C(Cc1ccc(F)cc1)NC1CCN(c2ccc3nnc(-c4ccccc4)n3n2)C1. The number of nitrogens with zero attached hydrogens (tertiary/aromatic N) is 5. The van der Waals surface area contributed by atoms with Crippen LogP contribution in [0.25, 0.3) is 17.0 Å². The van der Waals surface area contributed by atoms with Crippen molar-refractivity contribution < 1.29 is 9.18 Å². The van der Waals surface area contributed by atoms with E-state index in [1.165, 1.54) is 12.1 Å². The van der Waals surface area contributed by atoms with Crippen molar-refractivity contribution in [3.05, 3.63) is 78.1 Å². The second kappa shape index (κ2) is 8.14. The van der Waals surface area contributed by atoms with Gasteiger partial charge in [-0.05, 0) is 36.2 Å². The maximum Gasteiger partial charge on any atom is 0.224 e. The minimum atomic E-state index is -0.302. The quantitative estimate of drug-likeness (QED) is 0.542. The fourth-order valence-corrected chi connectivity index (χ4v) is 3.87. The molecule has 31 heavy (non-hydrogen) atoms. The number of rotatable bonds is 5. The maximum absolute atomic E-state index is 13.0. The van der Waals surface area contributed by atoms with Crippen molar-refractivity contribution in [1.82, 2.24) is 25.1 Å². The Balaban J connectivity index is 1.27. The molecule has 1 amide bonds. The van der Waals surface area contributed by atoms with E-state index in [-0.39, 0.29) is 24.2 Å². The molecule has 5 rings (SSSR count). The Morgan fingerprint density at radius 1 is 1.03 bits per heavy atom. The largest absolute Gasteiger partial charge is 0.353 e. The van der Waals surface area contributed by atoms with Crippen LogP contribution in [0.2, 0.25) is 0 Å². The Labute approximate surface area is 178 Å². The van der Waals surface area contributed by atoms with Gasteiger partial charge in [-0.2, -0.15) is 4.52 Å². The summed E-state index contributed by atoms with van der Waals surface area (Å²) in [4.78, 5) is 14.5. The molecule has 0 radical (unpaired) electrons. The third kappa shape index (κ3) is 4.09. The summed E-state index contributed by atoms with van der Waals surface area (Å²) >= 11 is 0. The lowest BCUT2D eigenvalue weighted by Crippen LogP contribution is -2.38. The molecule has 1 aliphatic heterocycles. The van der Waals surface area contributed by atoms with Crippen LogP contribution in [0, 0.1) is 5.82 Å². The molecule has 1 N–H and O–H groups in total. The molecule has 0 saturated carbocycles.